The van der Waals surface area contributed by atoms with Gasteiger partial charge in [-0.25, -0.2) is 19.2 Å². The molecule has 0 unspecified atom stereocenters. The van der Waals surface area contributed by atoms with Gasteiger partial charge in [0.25, 0.3) is 0 Å². The van der Waals surface area contributed by atoms with Crippen molar-refractivity contribution in [3.8, 4) is 46.0 Å². The van der Waals surface area contributed by atoms with Crippen molar-refractivity contribution in [3.63, 3.8) is 0 Å². The van der Waals surface area contributed by atoms with Gasteiger partial charge < -0.3 is 37.9 Å². The van der Waals surface area contributed by atoms with Crippen LogP contribution in [0.1, 0.15) is 108 Å². The van der Waals surface area contributed by atoms with Crippen molar-refractivity contribution in [3.05, 3.63) is 356 Å². The molecule has 20 rings (SSSR count). The van der Waals surface area contributed by atoms with Crippen LogP contribution in [0.5, 0.6) is 46.0 Å². The molecule has 8 aliphatic rings. The summed E-state index contributed by atoms with van der Waals surface area (Å²) in [6, 6.07) is 82.5. The second-order valence-electron chi connectivity index (χ2n) is 24.6. The van der Waals surface area contributed by atoms with Crippen molar-refractivity contribution in [1.29, 1.82) is 0 Å². The second kappa shape index (κ2) is 19.1. The van der Waals surface area contributed by atoms with Crippen LogP contribution in [0.4, 0.5) is 0 Å². The zero-order chi connectivity index (χ0) is 61.7. The fourth-order valence-corrected chi connectivity index (χ4v) is 17.2. The summed E-state index contributed by atoms with van der Waals surface area (Å²) in [5.41, 5.74) is 1.66. The van der Waals surface area contributed by atoms with Crippen LogP contribution >= 0.6 is 0 Å². The molecule has 0 saturated carbocycles. The molecule has 0 atom stereocenters. The first-order chi connectivity index (χ1) is 45.7. The predicted octanol–water partition coefficient (Wildman–Crippen LogP) is 12.4. The molecule has 0 bridgehead atoms. The van der Waals surface area contributed by atoms with Gasteiger partial charge in [-0.3, -0.25) is 0 Å². The van der Waals surface area contributed by atoms with Gasteiger partial charge in [-0.05, 0) is 48.5 Å². The lowest BCUT2D eigenvalue weighted by Crippen LogP contribution is -2.78. The number of carbonyl (C=O) groups is 4. The molecule has 444 valence electrons. The van der Waals surface area contributed by atoms with E-state index < -0.39 is 52.4 Å². The SMILES string of the molecule is O=C1OC2(c3ccccc3Oc3ccccc32)c2cccc([B-](c3cccc4c3C(=O)OC43c4ccccc4Oc4ccccc43)(c3cccc4c3C(=O)OC43c4ccccc4Oc4ccccc43)c3cccc4c3C(=O)OC43c4ccccc4Oc4ccccc43)c21.[MgH2]. The van der Waals surface area contributed by atoms with Gasteiger partial charge in [-0.1, -0.05) is 218 Å². The minimum absolute atomic E-state index is 0. The molecule has 0 fully saturated rings. The Morgan fingerprint density at radius 1 is 0.202 bits per heavy atom. The van der Waals surface area contributed by atoms with E-state index >= 15 is 19.2 Å². The molecule has 0 aliphatic carbocycles. The topological polar surface area (TPSA) is 142 Å². The van der Waals surface area contributed by atoms with Gasteiger partial charge >= 0.3 is 46.9 Å². The van der Waals surface area contributed by atoms with Crippen molar-refractivity contribution >= 4 is 74.9 Å². The number of rotatable bonds is 4. The monoisotopic (exact) mass is 1230 g/mol. The third-order valence-corrected chi connectivity index (χ3v) is 20.6. The maximum atomic E-state index is 16.6. The fraction of sp³-hybridized carbons (Fsp3) is 0.0500. The average molecular weight is 1230 g/mol. The molecule has 4 spiro atoms. The highest BCUT2D eigenvalue weighted by Gasteiger charge is 2.62. The number of hydrogen-bond donors (Lipinski definition) is 0. The van der Waals surface area contributed by atoms with Gasteiger partial charge in [0.05, 0.1) is 0 Å². The van der Waals surface area contributed by atoms with Crippen LogP contribution in [0, 0.1) is 0 Å². The summed E-state index contributed by atoms with van der Waals surface area (Å²) in [7, 11) is 0. The van der Waals surface area contributed by atoms with Crippen LogP contribution in [-0.2, 0) is 41.4 Å². The quantitative estimate of drug-likeness (QED) is 0.0940. The van der Waals surface area contributed by atoms with E-state index in [4.69, 9.17) is 37.9 Å². The van der Waals surface area contributed by atoms with Gasteiger partial charge in [0.1, 0.15) is 52.1 Å². The van der Waals surface area contributed by atoms with E-state index in [2.05, 4.69) is 0 Å². The number of hydrogen-bond acceptors (Lipinski definition) is 12. The molecule has 94 heavy (non-hydrogen) atoms. The van der Waals surface area contributed by atoms with Gasteiger partial charge in [-0.15, -0.1) is 0 Å². The molecule has 0 saturated heterocycles. The standard InChI is InChI=1S/C80H44BO12.Mg.2H/c82-73-69-53(77(90-73)45-21-1-9-37-61(45)86-62-38-10-2-22-46(62)77)29-17-33-57(69)81(58-34-18-30-54-70(58)74(83)91-78(54)47-23-3-11-39-63(47)87-64-40-12-4-24-48(64)78,59-35-19-31-55-71(59)75(84)92-79(55)49-25-5-13-41-65(49)88-66-42-14-6-26-50(66)79)60-36-20-32-56-72(60)76(85)93-80(56)51-27-7-15-43-67(51)89-68-44-16-8-28-52(68)80;;;/h1-44H;;;/q-1;;;. The molecular weight excluding hydrogens is 1190 g/mol. The Balaban J connectivity index is 0.00000627. The Morgan fingerprint density at radius 3 is 0.543 bits per heavy atom. The Bertz CT molecular complexity index is 4610. The second-order valence-corrected chi connectivity index (χ2v) is 24.6. The van der Waals surface area contributed by atoms with Crippen LogP contribution in [0.15, 0.2) is 267 Å². The maximum absolute atomic E-state index is 16.6. The van der Waals surface area contributed by atoms with Crippen LogP contribution in [0.2, 0.25) is 0 Å². The van der Waals surface area contributed by atoms with Gasteiger partial charge in [0.2, 0.25) is 0 Å². The summed E-state index contributed by atoms with van der Waals surface area (Å²) in [5, 5.41) is 0. The highest BCUT2D eigenvalue weighted by atomic mass is 24.3. The molecule has 0 aromatic heterocycles. The molecule has 0 amide bonds. The fourth-order valence-electron chi connectivity index (χ4n) is 17.2. The summed E-state index contributed by atoms with van der Waals surface area (Å²) in [6.45, 7) is 0. The van der Waals surface area contributed by atoms with Gasteiger partial charge in [0, 0.05) is 89.0 Å². The number of fused-ring (bicyclic) bond motifs is 24. The molecule has 14 heteroatoms. The highest BCUT2D eigenvalue weighted by Crippen LogP contribution is 2.61. The van der Waals surface area contributed by atoms with E-state index in [9.17, 15) is 0 Å². The van der Waals surface area contributed by atoms with E-state index in [1.54, 1.807) is 0 Å². The van der Waals surface area contributed by atoms with Crippen molar-refractivity contribution in [1.82, 2.24) is 0 Å². The Kier molecular flexibility index (Phi) is 11.0. The molecule has 12 aromatic carbocycles. The first kappa shape index (κ1) is 54.3. The van der Waals surface area contributed by atoms with Crippen LogP contribution in [0.3, 0.4) is 0 Å². The molecular formula is C80H46BMgO12-. The number of carbonyl (C=O) groups excluding carboxylic acids is 4. The maximum Gasteiger partial charge on any atom is 0.336 e. The first-order valence-corrected chi connectivity index (χ1v) is 30.8. The van der Waals surface area contributed by atoms with E-state index in [1.807, 2.05) is 267 Å². The molecule has 0 N–H and O–H groups in total. The minimum Gasteiger partial charge on any atom is -0.456 e. The number of para-hydroxylation sites is 8. The van der Waals surface area contributed by atoms with E-state index in [-0.39, 0.29) is 45.3 Å². The molecule has 12 nitrogen and oxygen atoms in total. The molecule has 8 aliphatic heterocycles. The summed E-state index contributed by atoms with van der Waals surface area (Å²) < 4.78 is 55.3. The highest BCUT2D eigenvalue weighted by molar-refractivity contribution is 7.21. The number of benzene rings is 12. The van der Waals surface area contributed by atoms with E-state index in [1.165, 1.54) is 0 Å². The Morgan fingerprint density at radius 2 is 0.362 bits per heavy atom. The van der Waals surface area contributed by atoms with E-state index in [0.717, 1.165) is 0 Å². The van der Waals surface area contributed by atoms with Crippen molar-refractivity contribution < 1.29 is 57.1 Å². The van der Waals surface area contributed by atoms with Crippen LogP contribution in [0.25, 0.3) is 0 Å². The normalized spacial score (nSPS) is 16.7. The third-order valence-electron chi connectivity index (χ3n) is 20.6. The van der Waals surface area contributed by atoms with E-state index in [0.29, 0.717) is 135 Å². The lowest BCUT2D eigenvalue weighted by Gasteiger charge is -2.47. The van der Waals surface area contributed by atoms with Gasteiger partial charge in [0.15, 0.2) is 22.4 Å². The smallest absolute Gasteiger partial charge is 0.336 e. The van der Waals surface area contributed by atoms with Crippen LogP contribution in [-0.4, -0.2) is 53.1 Å². The first-order valence-electron chi connectivity index (χ1n) is 30.8. The molecule has 12 aromatic rings. The summed E-state index contributed by atoms with van der Waals surface area (Å²) >= 11 is 0. The summed E-state index contributed by atoms with van der Waals surface area (Å²) in [4.78, 5) is 66.4. The number of esters is 4. The van der Waals surface area contributed by atoms with Crippen molar-refractivity contribution in [2.75, 3.05) is 0 Å². The lowest BCUT2D eigenvalue weighted by atomic mass is 9.11. The van der Waals surface area contributed by atoms with Crippen LogP contribution < -0.4 is 40.8 Å². The molecule has 0 radical (unpaired) electrons. The predicted molar refractivity (Wildman–Crippen MR) is 352 cm³/mol. The van der Waals surface area contributed by atoms with Gasteiger partial charge in [-0.2, -0.15) is 21.9 Å². The minimum atomic E-state index is -3.48. The average Bonchev–Trinajstić information content (AvgIpc) is 1.33. The zero-order valence-electron chi connectivity index (χ0n) is 48.9. The summed E-state index contributed by atoms with van der Waals surface area (Å²) in [5.74, 6) is 0.940. The summed E-state index contributed by atoms with van der Waals surface area (Å²) in [6.07, 6.45) is -3.48. The zero-order valence-corrected chi connectivity index (χ0v) is 48.9. The number of ether oxygens (including phenoxy) is 8. The van der Waals surface area contributed by atoms with Crippen molar-refractivity contribution in [2.45, 2.75) is 22.4 Å². The van der Waals surface area contributed by atoms with Crippen molar-refractivity contribution in [2.24, 2.45) is 0 Å². The third kappa shape index (κ3) is 6.48. The molecule has 8 heterocycles. The Hall–Kier alpha value is -11.4. The Labute approximate surface area is 552 Å². The largest absolute Gasteiger partial charge is 0.456 e. The lowest BCUT2D eigenvalue weighted by molar-refractivity contribution is 0.0215.